The van der Waals surface area contributed by atoms with Crippen LogP contribution in [0.4, 0.5) is 0 Å². The molecule has 28 heavy (non-hydrogen) atoms. The summed E-state index contributed by atoms with van der Waals surface area (Å²) in [4.78, 5) is 7.89. The van der Waals surface area contributed by atoms with Crippen molar-refractivity contribution in [1.29, 1.82) is 0 Å². The molecule has 4 aromatic rings. The Labute approximate surface area is 172 Å². The highest BCUT2D eigenvalue weighted by molar-refractivity contribution is 6.36. The predicted octanol–water partition coefficient (Wildman–Crippen LogP) is 1.39. The van der Waals surface area contributed by atoms with Crippen LogP contribution in [0.15, 0.2) is 60.9 Å². The zero-order valence-electron chi connectivity index (χ0n) is 15.1. The summed E-state index contributed by atoms with van der Waals surface area (Å²) >= 11 is 11.7. The molecule has 2 aromatic carbocycles. The quantitative estimate of drug-likeness (QED) is 0.483. The van der Waals surface area contributed by atoms with Crippen molar-refractivity contribution in [3.63, 3.8) is 0 Å². The van der Waals surface area contributed by atoms with Gasteiger partial charge < -0.3 is 21.7 Å². The summed E-state index contributed by atoms with van der Waals surface area (Å²) in [6.45, 7) is 1.92. The number of hydrogen-bond donors (Lipinski definition) is 2. The Hall–Kier alpha value is -2.64. The Balaban J connectivity index is 0.000000169. The van der Waals surface area contributed by atoms with Gasteiger partial charge in [0.25, 0.3) is 0 Å². The summed E-state index contributed by atoms with van der Waals surface area (Å²) in [5.41, 5.74) is 7.95. The van der Waals surface area contributed by atoms with E-state index in [0.717, 1.165) is 13.1 Å². The largest absolute Gasteiger partial charge is 0.871 e. The van der Waals surface area contributed by atoms with Gasteiger partial charge in [-0.05, 0) is 36.4 Å². The lowest BCUT2D eigenvalue weighted by Gasteiger charge is -2.08. The van der Waals surface area contributed by atoms with Gasteiger partial charge in [-0.2, -0.15) is 0 Å². The highest BCUT2D eigenvalue weighted by atomic mass is 35.5. The van der Waals surface area contributed by atoms with Gasteiger partial charge in [0.2, 0.25) is 0 Å². The SMILES string of the molecule is [NH3+]CC[NH3+].[O-]c1ccc(Cl)c2cccnc12.[O-]c1ccc(Cl)c2cccnc12. The number of aromatic nitrogens is 2. The van der Waals surface area contributed by atoms with Crippen molar-refractivity contribution in [3.8, 4) is 11.5 Å². The van der Waals surface area contributed by atoms with Crippen LogP contribution >= 0.6 is 23.2 Å². The van der Waals surface area contributed by atoms with Crippen molar-refractivity contribution < 1.29 is 21.7 Å². The average molecular weight is 419 g/mol. The maximum atomic E-state index is 11.2. The number of fused-ring (bicyclic) bond motifs is 2. The van der Waals surface area contributed by atoms with E-state index in [0.29, 0.717) is 31.9 Å². The minimum absolute atomic E-state index is 0.0880. The molecule has 6 N–H and O–H groups in total. The molecule has 0 unspecified atom stereocenters. The topological polar surface area (TPSA) is 127 Å². The van der Waals surface area contributed by atoms with Gasteiger partial charge in [0.1, 0.15) is 13.1 Å². The van der Waals surface area contributed by atoms with Crippen LogP contribution in [0.1, 0.15) is 0 Å². The first-order valence-corrected chi connectivity index (χ1v) is 9.24. The average Bonchev–Trinajstić information content (AvgIpc) is 2.74. The molecule has 0 spiro atoms. The Morgan fingerprint density at radius 2 is 1.07 bits per heavy atom. The molecule has 0 aliphatic rings. The van der Waals surface area contributed by atoms with E-state index in [9.17, 15) is 10.2 Å². The van der Waals surface area contributed by atoms with Crippen molar-refractivity contribution in [2.24, 2.45) is 0 Å². The first-order valence-electron chi connectivity index (χ1n) is 8.48. The molecule has 2 heterocycles. The molecule has 146 valence electrons. The van der Waals surface area contributed by atoms with E-state index in [1.807, 2.05) is 0 Å². The van der Waals surface area contributed by atoms with Crippen molar-refractivity contribution in [1.82, 2.24) is 9.97 Å². The summed E-state index contributed by atoms with van der Waals surface area (Å²) in [7, 11) is 0. The van der Waals surface area contributed by atoms with E-state index < -0.39 is 0 Å². The Kier molecular flexibility index (Phi) is 8.22. The van der Waals surface area contributed by atoms with Crippen molar-refractivity contribution >= 4 is 45.0 Å². The first-order chi connectivity index (χ1) is 13.5. The fourth-order valence-electron chi connectivity index (χ4n) is 2.22. The van der Waals surface area contributed by atoms with Crippen molar-refractivity contribution in [3.05, 3.63) is 71.0 Å². The van der Waals surface area contributed by atoms with E-state index >= 15 is 0 Å². The zero-order chi connectivity index (χ0) is 20.5. The van der Waals surface area contributed by atoms with Crippen molar-refractivity contribution in [2.75, 3.05) is 13.1 Å². The Morgan fingerprint density at radius 3 is 1.39 bits per heavy atom. The maximum Gasteiger partial charge on any atom is 0.124 e. The van der Waals surface area contributed by atoms with Gasteiger partial charge in [0.05, 0.1) is 11.0 Å². The molecule has 0 radical (unpaired) electrons. The summed E-state index contributed by atoms with van der Waals surface area (Å²) in [5.74, 6) is -0.176. The molecule has 0 saturated carbocycles. The molecule has 0 fully saturated rings. The highest BCUT2D eigenvalue weighted by Gasteiger charge is 1.98. The third-order valence-corrected chi connectivity index (χ3v) is 4.27. The molecule has 0 saturated heterocycles. The highest BCUT2D eigenvalue weighted by Crippen LogP contribution is 2.27. The van der Waals surface area contributed by atoms with Crippen LogP contribution in [-0.2, 0) is 0 Å². The fraction of sp³-hybridized carbons (Fsp3) is 0.100. The van der Waals surface area contributed by atoms with Gasteiger partial charge in [0.15, 0.2) is 0 Å². The number of hydrogen-bond acceptors (Lipinski definition) is 4. The van der Waals surface area contributed by atoms with Crippen LogP contribution < -0.4 is 21.7 Å². The summed E-state index contributed by atoms with van der Waals surface area (Å²) in [6.07, 6.45) is 3.17. The van der Waals surface area contributed by atoms with Crippen LogP contribution in [0.2, 0.25) is 10.0 Å². The number of halogens is 2. The number of quaternary nitrogens is 2. The first kappa shape index (κ1) is 21.7. The lowest BCUT2D eigenvalue weighted by Crippen LogP contribution is -2.64. The Morgan fingerprint density at radius 1 is 0.679 bits per heavy atom. The zero-order valence-corrected chi connectivity index (χ0v) is 16.6. The smallest absolute Gasteiger partial charge is 0.124 e. The second-order valence-electron chi connectivity index (χ2n) is 5.60. The van der Waals surface area contributed by atoms with Gasteiger partial charge in [-0.1, -0.05) is 46.8 Å². The van der Waals surface area contributed by atoms with Crippen LogP contribution in [0, 0.1) is 0 Å². The standard InChI is InChI=1S/2C9H6ClNO.C2H8N2/c2*10-7-3-4-8(12)9-6(7)2-1-5-11-9;3-1-2-4/h2*1-5,12H;1-4H2. The predicted molar refractivity (Wildman–Crippen MR) is 108 cm³/mol. The van der Waals surface area contributed by atoms with E-state index in [2.05, 4.69) is 21.4 Å². The second-order valence-corrected chi connectivity index (χ2v) is 6.41. The number of rotatable bonds is 1. The number of benzene rings is 2. The third kappa shape index (κ3) is 5.43. The van der Waals surface area contributed by atoms with Gasteiger partial charge in [-0.15, -0.1) is 0 Å². The van der Waals surface area contributed by atoms with E-state index in [4.69, 9.17) is 23.2 Å². The van der Waals surface area contributed by atoms with Crippen LogP contribution in [-0.4, -0.2) is 23.1 Å². The van der Waals surface area contributed by atoms with E-state index in [-0.39, 0.29) is 11.5 Å². The fourth-order valence-corrected chi connectivity index (χ4v) is 2.65. The summed E-state index contributed by atoms with van der Waals surface area (Å²) in [6, 6.07) is 13.1. The third-order valence-electron chi connectivity index (χ3n) is 3.61. The maximum absolute atomic E-state index is 11.2. The molecule has 0 bridgehead atoms. The molecular weight excluding hydrogens is 399 g/mol. The van der Waals surface area contributed by atoms with Gasteiger partial charge in [-0.25, -0.2) is 0 Å². The summed E-state index contributed by atoms with van der Waals surface area (Å²) in [5, 5.41) is 25.0. The number of nitrogens with zero attached hydrogens (tertiary/aromatic N) is 2. The van der Waals surface area contributed by atoms with Crippen LogP contribution in [0.3, 0.4) is 0 Å². The van der Waals surface area contributed by atoms with E-state index in [1.54, 1.807) is 48.8 Å². The second kappa shape index (κ2) is 10.6. The van der Waals surface area contributed by atoms with Crippen LogP contribution in [0.5, 0.6) is 11.5 Å². The molecular formula is C20H20Cl2N4O2. The molecule has 6 nitrogen and oxygen atoms in total. The molecule has 8 heteroatoms. The lowest BCUT2D eigenvalue weighted by molar-refractivity contribution is -0.453. The molecule has 0 aliphatic carbocycles. The lowest BCUT2D eigenvalue weighted by atomic mass is 10.2. The molecule has 4 rings (SSSR count). The minimum Gasteiger partial charge on any atom is -0.871 e. The molecule has 0 amide bonds. The number of pyridine rings is 2. The van der Waals surface area contributed by atoms with Crippen LogP contribution in [0.25, 0.3) is 21.8 Å². The monoisotopic (exact) mass is 418 g/mol. The molecule has 2 aromatic heterocycles. The van der Waals surface area contributed by atoms with Gasteiger partial charge >= 0.3 is 0 Å². The van der Waals surface area contributed by atoms with Crippen molar-refractivity contribution in [2.45, 2.75) is 0 Å². The molecule has 0 aliphatic heterocycles. The normalized spacial score (nSPS) is 10.0. The van der Waals surface area contributed by atoms with E-state index in [1.165, 1.54) is 12.1 Å². The molecule has 0 atom stereocenters. The van der Waals surface area contributed by atoms with Gasteiger partial charge in [0, 0.05) is 33.2 Å². The summed E-state index contributed by atoms with van der Waals surface area (Å²) < 4.78 is 0. The van der Waals surface area contributed by atoms with Gasteiger partial charge in [-0.3, -0.25) is 9.97 Å². The Bertz CT molecular complexity index is 894. The minimum atomic E-state index is -0.0880.